The van der Waals surface area contributed by atoms with E-state index in [4.69, 9.17) is 23.2 Å². The van der Waals surface area contributed by atoms with Gasteiger partial charge in [0.25, 0.3) is 5.91 Å². The Balaban J connectivity index is 3.00. The zero-order valence-electron chi connectivity index (χ0n) is 9.08. The fourth-order valence-corrected chi connectivity index (χ4v) is 1.58. The van der Waals surface area contributed by atoms with Gasteiger partial charge in [-0.05, 0) is 25.1 Å². The molecule has 0 aliphatic heterocycles. The fraction of sp³-hybridized carbons (Fsp3) is 0.364. The summed E-state index contributed by atoms with van der Waals surface area (Å²) in [6.07, 6.45) is 0. The Bertz CT molecular complexity index is 396. The summed E-state index contributed by atoms with van der Waals surface area (Å²) in [5, 5.41) is 9.62. The second kappa shape index (κ2) is 5.41. The molecule has 1 unspecified atom stereocenters. The molecule has 0 aliphatic carbocycles. The number of carbonyl (C=O) groups excluding carboxylic acids is 1. The molecule has 1 aromatic carbocycles. The average Bonchev–Trinajstić information content (AvgIpc) is 2.29. The molecule has 88 valence electrons. The number of phenolic OH excluding ortho intramolecular Hbond substituents is 1. The molecule has 0 bridgehead atoms. The van der Waals surface area contributed by atoms with Crippen molar-refractivity contribution in [1.82, 2.24) is 4.90 Å². The lowest BCUT2D eigenvalue weighted by atomic mass is 10.1. The van der Waals surface area contributed by atoms with Gasteiger partial charge >= 0.3 is 0 Å². The third-order valence-electron chi connectivity index (χ3n) is 2.39. The average molecular weight is 262 g/mol. The van der Waals surface area contributed by atoms with E-state index in [0.717, 1.165) is 0 Å². The fourth-order valence-electron chi connectivity index (χ4n) is 1.17. The van der Waals surface area contributed by atoms with Gasteiger partial charge in [0.05, 0.1) is 10.6 Å². The van der Waals surface area contributed by atoms with Gasteiger partial charge in [-0.1, -0.05) is 11.6 Å². The topological polar surface area (TPSA) is 40.5 Å². The highest BCUT2D eigenvalue weighted by Gasteiger charge is 2.19. The lowest BCUT2D eigenvalue weighted by Crippen LogP contribution is -2.36. The molecule has 0 aromatic heterocycles. The van der Waals surface area contributed by atoms with E-state index in [9.17, 15) is 9.90 Å². The highest BCUT2D eigenvalue weighted by Crippen LogP contribution is 2.22. The maximum Gasteiger partial charge on any atom is 0.255 e. The molecule has 0 saturated heterocycles. The summed E-state index contributed by atoms with van der Waals surface area (Å²) < 4.78 is 0. The van der Waals surface area contributed by atoms with Crippen LogP contribution in [0.2, 0.25) is 5.02 Å². The number of amides is 1. The monoisotopic (exact) mass is 261 g/mol. The van der Waals surface area contributed by atoms with Crippen LogP contribution in [0.5, 0.6) is 5.75 Å². The van der Waals surface area contributed by atoms with Crippen molar-refractivity contribution >= 4 is 29.1 Å². The summed E-state index contributed by atoms with van der Waals surface area (Å²) in [4.78, 5) is 13.5. The number of carbonyl (C=O) groups is 1. The Morgan fingerprint density at radius 2 is 2.19 bits per heavy atom. The van der Waals surface area contributed by atoms with Crippen LogP contribution in [0, 0.1) is 0 Å². The van der Waals surface area contributed by atoms with E-state index < -0.39 is 0 Å². The predicted molar refractivity (Wildman–Crippen MR) is 65.4 cm³/mol. The molecule has 1 aromatic rings. The lowest BCUT2D eigenvalue weighted by molar-refractivity contribution is 0.0756. The number of alkyl halides is 1. The zero-order valence-corrected chi connectivity index (χ0v) is 10.6. The quantitative estimate of drug-likeness (QED) is 0.851. The first-order chi connectivity index (χ1) is 7.47. The van der Waals surface area contributed by atoms with Gasteiger partial charge in [-0.15, -0.1) is 11.6 Å². The molecule has 1 rings (SSSR count). The van der Waals surface area contributed by atoms with Gasteiger partial charge in [-0.3, -0.25) is 4.79 Å². The number of phenols is 1. The number of hydrogen-bond acceptors (Lipinski definition) is 2. The molecule has 1 N–H and O–H groups in total. The molecule has 0 radical (unpaired) electrons. The second-order valence-electron chi connectivity index (χ2n) is 3.58. The van der Waals surface area contributed by atoms with Crippen LogP contribution in [0.3, 0.4) is 0 Å². The lowest BCUT2D eigenvalue weighted by Gasteiger charge is -2.23. The molecular formula is C11H13Cl2NO2. The maximum absolute atomic E-state index is 12.0. The molecular weight excluding hydrogens is 249 g/mol. The number of halogens is 2. The standard InChI is InChI=1S/C11H13Cl2NO2/c1-7(6-12)14(2)11(16)9-5-8(15)3-4-10(9)13/h3-5,7,15H,6H2,1-2H3. The summed E-state index contributed by atoms with van der Waals surface area (Å²) in [6.45, 7) is 1.83. The van der Waals surface area contributed by atoms with Crippen molar-refractivity contribution in [2.45, 2.75) is 13.0 Å². The third kappa shape index (κ3) is 2.80. The SMILES string of the molecule is CC(CCl)N(C)C(=O)c1cc(O)ccc1Cl. The van der Waals surface area contributed by atoms with Crippen molar-refractivity contribution < 1.29 is 9.90 Å². The minimum absolute atomic E-state index is 0.0136. The molecule has 16 heavy (non-hydrogen) atoms. The van der Waals surface area contributed by atoms with Crippen LogP contribution in [-0.2, 0) is 0 Å². The molecule has 0 heterocycles. The largest absolute Gasteiger partial charge is 0.508 e. The molecule has 1 atom stereocenters. The predicted octanol–water partition coefficient (Wildman–Crippen LogP) is 2.74. The third-order valence-corrected chi connectivity index (χ3v) is 3.16. The van der Waals surface area contributed by atoms with E-state index in [2.05, 4.69) is 0 Å². The van der Waals surface area contributed by atoms with Crippen LogP contribution in [0.25, 0.3) is 0 Å². The van der Waals surface area contributed by atoms with Crippen LogP contribution in [-0.4, -0.2) is 34.9 Å². The molecule has 0 aliphatic rings. The summed E-state index contributed by atoms with van der Waals surface area (Å²) >= 11 is 11.6. The molecule has 5 heteroatoms. The van der Waals surface area contributed by atoms with Crippen LogP contribution in [0.15, 0.2) is 18.2 Å². The van der Waals surface area contributed by atoms with Gasteiger partial charge in [0.15, 0.2) is 0 Å². The summed E-state index contributed by atoms with van der Waals surface area (Å²) in [5.74, 6) is 0.104. The zero-order chi connectivity index (χ0) is 12.3. The van der Waals surface area contributed by atoms with E-state index in [1.165, 1.54) is 23.1 Å². The molecule has 3 nitrogen and oxygen atoms in total. The molecule has 0 saturated carbocycles. The number of aromatic hydroxyl groups is 1. The summed E-state index contributed by atoms with van der Waals surface area (Å²) in [6, 6.07) is 4.18. The molecule has 0 fully saturated rings. The van der Waals surface area contributed by atoms with Crippen LogP contribution in [0.1, 0.15) is 17.3 Å². The number of benzene rings is 1. The van der Waals surface area contributed by atoms with Crippen molar-refractivity contribution in [2.75, 3.05) is 12.9 Å². The van der Waals surface area contributed by atoms with Gasteiger partial charge in [-0.25, -0.2) is 0 Å². The van der Waals surface area contributed by atoms with Crippen molar-refractivity contribution in [3.63, 3.8) is 0 Å². The van der Waals surface area contributed by atoms with Crippen LogP contribution < -0.4 is 0 Å². The number of nitrogens with zero attached hydrogens (tertiary/aromatic N) is 1. The van der Waals surface area contributed by atoms with E-state index in [-0.39, 0.29) is 23.3 Å². The normalized spacial score (nSPS) is 12.2. The van der Waals surface area contributed by atoms with E-state index >= 15 is 0 Å². The van der Waals surface area contributed by atoms with E-state index in [0.29, 0.717) is 10.9 Å². The van der Waals surface area contributed by atoms with Crippen LogP contribution >= 0.6 is 23.2 Å². The van der Waals surface area contributed by atoms with Crippen LogP contribution in [0.4, 0.5) is 0 Å². The highest BCUT2D eigenvalue weighted by molar-refractivity contribution is 6.33. The maximum atomic E-state index is 12.0. The Labute approximate surface area is 105 Å². The minimum Gasteiger partial charge on any atom is -0.508 e. The Morgan fingerprint density at radius 3 is 2.75 bits per heavy atom. The smallest absolute Gasteiger partial charge is 0.255 e. The Morgan fingerprint density at radius 1 is 1.56 bits per heavy atom. The van der Waals surface area contributed by atoms with Gasteiger partial charge < -0.3 is 10.0 Å². The number of rotatable bonds is 3. The summed E-state index contributed by atoms with van der Waals surface area (Å²) in [5.41, 5.74) is 0.279. The number of hydrogen-bond donors (Lipinski definition) is 1. The minimum atomic E-state index is -0.256. The Kier molecular flexibility index (Phi) is 4.44. The van der Waals surface area contributed by atoms with E-state index in [1.807, 2.05) is 6.92 Å². The van der Waals surface area contributed by atoms with Crippen molar-refractivity contribution in [1.29, 1.82) is 0 Å². The van der Waals surface area contributed by atoms with Crippen molar-refractivity contribution in [3.05, 3.63) is 28.8 Å². The first kappa shape index (κ1) is 13.1. The molecule has 0 spiro atoms. The molecule has 1 amide bonds. The van der Waals surface area contributed by atoms with Crippen molar-refractivity contribution in [2.24, 2.45) is 0 Å². The van der Waals surface area contributed by atoms with Gasteiger partial charge in [0, 0.05) is 19.0 Å². The summed E-state index contributed by atoms with van der Waals surface area (Å²) in [7, 11) is 1.65. The highest BCUT2D eigenvalue weighted by atomic mass is 35.5. The van der Waals surface area contributed by atoms with E-state index in [1.54, 1.807) is 7.05 Å². The first-order valence-electron chi connectivity index (χ1n) is 4.79. The van der Waals surface area contributed by atoms with Gasteiger partial charge in [0.1, 0.15) is 5.75 Å². The van der Waals surface area contributed by atoms with Gasteiger partial charge in [0.2, 0.25) is 0 Å². The van der Waals surface area contributed by atoms with Crippen molar-refractivity contribution in [3.8, 4) is 5.75 Å². The Hall–Kier alpha value is -0.930. The van der Waals surface area contributed by atoms with Gasteiger partial charge in [-0.2, -0.15) is 0 Å². The first-order valence-corrected chi connectivity index (χ1v) is 5.70. The second-order valence-corrected chi connectivity index (χ2v) is 4.30.